The van der Waals surface area contributed by atoms with Gasteiger partial charge in [0.2, 0.25) is 0 Å². The van der Waals surface area contributed by atoms with Crippen LogP contribution in [-0.2, 0) is 16.1 Å². The fraction of sp³-hybridized carbons (Fsp3) is 0.550. The number of thioether (sulfide) groups is 1. The lowest BCUT2D eigenvalue weighted by Crippen LogP contribution is -2.29. The van der Waals surface area contributed by atoms with E-state index in [2.05, 4.69) is 38.3 Å². The van der Waals surface area contributed by atoms with Gasteiger partial charge in [0, 0.05) is 30.9 Å². The van der Waals surface area contributed by atoms with Crippen molar-refractivity contribution in [1.29, 1.82) is 0 Å². The number of carboxylic acid groups (broad SMARTS) is 1. The van der Waals surface area contributed by atoms with Gasteiger partial charge in [0.05, 0.1) is 4.91 Å². The molecule has 148 valence electrons. The van der Waals surface area contributed by atoms with Crippen LogP contribution < -0.4 is 0 Å². The summed E-state index contributed by atoms with van der Waals surface area (Å²) in [6.45, 7) is 10.1. The number of unbranched alkanes of at least 4 members (excludes halogenated alkanes) is 2. The maximum atomic E-state index is 12.7. The van der Waals surface area contributed by atoms with Crippen LogP contribution in [0.2, 0.25) is 0 Å². The van der Waals surface area contributed by atoms with E-state index in [-0.39, 0.29) is 12.3 Å². The van der Waals surface area contributed by atoms with Crippen LogP contribution in [0.25, 0.3) is 6.08 Å². The number of hydrogen-bond donors (Lipinski definition) is 1. The van der Waals surface area contributed by atoms with Crippen molar-refractivity contribution >= 4 is 46.3 Å². The van der Waals surface area contributed by atoms with E-state index in [1.807, 2.05) is 6.08 Å². The van der Waals surface area contributed by atoms with Crippen LogP contribution in [0.15, 0.2) is 11.0 Å². The lowest BCUT2D eigenvalue weighted by atomic mass is 10.2. The second kappa shape index (κ2) is 9.55. The number of carbonyl (C=O) groups is 2. The molecule has 1 aliphatic heterocycles. The molecule has 0 radical (unpaired) electrons. The lowest BCUT2D eigenvalue weighted by Gasteiger charge is -2.13. The zero-order chi connectivity index (χ0) is 20.1. The number of nitrogens with zero attached hydrogens (tertiary/aromatic N) is 2. The molecule has 0 aromatic carbocycles. The van der Waals surface area contributed by atoms with Crippen molar-refractivity contribution in [2.75, 3.05) is 6.54 Å². The molecule has 1 aliphatic rings. The summed E-state index contributed by atoms with van der Waals surface area (Å²) in [5.74, 6) is -0.266. The summed E-state index contributed by atoms with van der Waals surface area (Å²) in [7, 11) is 0. The minimum atomic E-state index is -0.779. The number of aryl methyl sites for hydroxylation is 1. The van der Waals surface area contributed by atoms with E-state index in [0.717, 1.165) is 24.9 Å². The number of rotatable bonds is 9. The summed E-state index contributed by atoms with van der Waals surface area (Å²) < 4.78 is 2.88. The first kappa shape index (κ1) is 21.7. The molecule has 1 N–H and O–H groups in total. The molecular weight excluding hydrogens is 380 g/mol. The van der Waals surface area contributed by atoms with E-state index in [4.69, 9.17) is 17.3 Å². The zero-order valence-electron chi connectivity index (χ0n) is 16.4. The van der Waals surface area contributed by atoms with Crippen molar-refractivity contribution in [3.63, 3.8) is 0 Å². The molecule has 0 unspecified atom stereocenters. The summed E-state index contributed by atoms with van der Waals surface area (Å²) in [6, 6.07) is 2.12. The average Bonchev–Trinajstić information content (AvgIpc) is 2.98. The van der Waals surface area contributed by atoms with E-state index in [1.165, 1.54) is 23.1 Å². The molecule has 0 saturated carbocycles. The molecule has 1 amide bonds. The molecule has 7 heteroatoms. The van der Waals surface area contributed by atoms with Gasteiger partial charge in [-0.25, -0.2) is 0 Å². The third-order valence-corrected chi connectivity index (χ3v) is 5.97. The monoisotopic (exact) mass is 408 g/mol. The summed E-state index contributed by atoms with van der Waals surface area (Å²) >= 11 is 6.73. The molecule has 2 heterocycles. The summed E-state index contributed by atoms with van der Waals surface area (Å²) in [5, 5.41) is 8.68. The zero-order valence-corrected chi connectivity index (χ0v) is 18.1. The fourth-order valence-corrected chi connectivity index (χ4v) is 4.48. The van der Waals surface area contributed by atoms with Gasteiger partial charge in [0.25, 0.3) is 5.91 Å². The highest BCUT2D eigenvalue weighted by Crippen LogP contribution is 2.33. The predicted molar refractivity (Wildman–Crippen MR) is 115 cm³/mol. The number of carboxylic acids is 1. The van der Waals surface area contributed by atoms with Gasteiger partial charge >= 0.3 is 5.97 Å². The summed E-state index contributed by atoms with van der Waals surface area (Å²) in [4.78, 5) is 25.6. The number of hydrogen-bond acceptors (Lipinski definition) is 4. The quantitative estimate of drug-likeness (QED) is 0.367. The van der Waals surface area contributed by atoms with Crippen molar-refractivity contribution in [2.24, 2.45) is 5.92 Å². The third-order valence-electron chi connectivity index (χ3n) is 4.59. The van der Waals surface area contributed by atoms with Gasteiger partial charge in [-0.3, -0.25) is 14.5 Å². The van der Waals surface area contributed by atoms with E-state index in [0.29, 0.717) is 28.1 Å². The standard InChI is InChI=1S/C20H28N2O3S2/c1-13(2)12-22-14(3)10-16(15(22)4)11-17-19(25)21(20(26)27-17)9-7-5-6-8-18(23)24/h10-11,13H,5-9,12H2,1-4H3,(H,23,24)/b17-11-. The molecular formula is C20H28N2O3S2. The molecule has 1 aromatic heterocycles. The molecule has 0 aliphatic carbocycles. The van der Waals surface area contributed by atoms with Crippen molar-refractivity contribution in [3.05, 3.63) is 27.9 Å². The van der Waals surface area contributed by atoms with Gasteiger partial charge in [0.1, 0.15) is 4.32 Å². The van der Waals surface area contributed by atoms with Gasteiger partial charge in [0.15, 0.2) is 0 Å². The molecule has 1 aromatic rings. The minimum absolute atomic E-state index is 0.0445. The molecule has 5 nitrogen and oxygen atoms in total. The molecule has 27 heavy (non-hydrogen) atoms. The molecule has 2 rings (SSSR count). The van der Waals surface area contributed by atoms with Crippen LogP contribution in [0.4, 0.5) is 0 Å². The van der Waals surface area contributed by atoms with E-state index >= 15 is 0 Å². The van der Waals surface area contributed by atoms with Crippen LogP contribution in [-0.4, -0.2) is 37.3 Å². The molecule has 0 bridgehead atoms. The topological polar surface area (TPSA) is 62.5 Å². The Labute approximate surface area is 170 Å². The highest BCUT2D eigenvalue weighted by Gasteiger charge is 2.31. The van der Waals surface area contributed by atoms with Crippen LogP contribution in [0, 0.1) is 19.8 Å². The fourth-order valence-electron chi connectivity index (χ4n) is 3.18. The van der Waals surface area contributed by atoms with E-state index < -0.39 is 5.97 Å². The van der Waals surface area contributed by atoms with Gasteiger partial charge in [-0.1, -0.05) is 44.2 Å². The van der Waals surface area contributed by atoms with Crippen LogP contribution >= 0.6 is 24.0 Å². The van der Waals surface area contributed by atoms with Crippen molar-refractivity contribution in [1.82, 2.24) is 9.47 Å². The average molecular weight is 409 g/mol. The number of carbonyl (C=O) groups excluding carboxylic acids is 1. The van der Waals surface area contributed by atoms with E-state index in [9.17, 15) is 9.59 Å². The number of thiocarbonyl (C=S) groups is 1. The highest BCUT2D eigenvalue weighted by atomic mass is 32.2. The Morgan fingerprint density at radius 1 is 1.30 bits per heavy atom. The van der Waals surface area contributed by atoms with Crippen molar-refractivity contribution < 1.29 is 14.7 Å². The molecule has 0 atom stereocenters. The second-order valence-corrected chi connectivity index (χ2v) is 9.04. The predicted octanol–water partition coefficient (Wildman–Crippen LogP) is 4.61. The van der Waals surface area contributed by atoms with Crippen molar-refractivity contribution in [3.8, 4) is 0 Å². The maximum Gasteiger partial charge on any atom is 0.303 e. The smallest absolute Gasteiger partial charge is 0.303 e. The largest absolute Gasteiger partial charge is 0.481 e. The lowest BCUT2D eigenvalue weighted by molar-refractivity contribution is -0.137. The SMILES string of the molecule is Cc1cc(/C=C2\SC(=S)N(CCCCCC(=O)O)C2=O)c(C)n1CC(C)C. The minimum Gasteiger partial charge on any atom is -0.481 e. The molecule has 1 saturated heterocycles. The van der Waals surface area contributed by atoms with Crippen LogP contribution in [0.3, 0.4) is 0 Å². The van der Waals surface area contributed by atoms with Crippen LogP contribution in [0.5, 0.6) is 0 Å². The Morgan fingerprint density at radius 3 is 2.63 bits per heavy atom. The number of amides is 1. The first-order valence-electron chi connectivity index (χ1n) is 9.34. The number of aliphatic carboxylic acids is 1. The Kier molecular flexibility index (Phi) is 7.68. The van der Waals surface area contributed by atoms with Gasteiger partial charge in [-0.2, -0.15) is 0 Å². The Hall–Kier alpha value is -1.60. The summed E-state index contributed by atoms with van der Waals surface area (Å²) in [6.07, 6.45) is 4.28. The Morgan fingerprint density at radius 2 is 2.00 bits per heavy atom. The van der Waals surface area contributed by atoms with Gasteiger partial charge in [-0.15, -0.1) is 0 Å². The third kappa shape index (κ3) is 5.69. The summed E-state index contributed by atoms with van der Waals surface area (Å²) in [5.41, 5.74) is 3.43. The first-order chi connectivity index (χ1) is 12.7. The number of aromatic nitrogens is 1. The van der Waals surface area contributed by atoms with E-state index in [1.54, 1.807) is 4.90 Å². The van der Waals surface area contributed by atoms with Gasteiger partial charge < -0.3 is 9.67 Å². The normalized spacial score (nSPS) is 16.2. The highest BCUT2D eigenvalue weighted by molar-refractivity contribution is 8.26. The van der Waals surface area contributed by atoms with Crippen LogP contribution in [0.1, 0.15) is 56.5 Å². The Balaban J connectivity index is 2.04. The van der Waals surface area contributed by atoms with Gasteiger partial charge in [-0.05, 0) is 50.3 Å². The molecule has 1 fully saturated rings. The Bertz CT molecular complexity index is 766. The van der Waals surface area contributed by atoms with Crippen molar-refractivity contribution in [2.45, 2.75) is 59.9 Å². The second-order valence-electron chi connectivity index (χ2n) is 7.37. The molecule has 0 spiro atoms. The first-order valence-corrected chi connectivity index (χ1v) is 10.6. The maximum absolute atomic E-state index is 12.7.